The largest absolute Gasteiger partial charge is 0.379 e. The van der Waals surface area contributed by atoms with Gasteiger partial charge >= 0.3 is 6.03 Å². The first kappa shape index (κ1) is 17.4. The van der Waals surface area contributed by atoms with E-state index in [1.165, 1.54) is 0 Å². The van der Waals surface area contributed by atoms with Gasteiger partial charge in [0.1, 0.15) is 5.69 Å². The summed E-state index contributed by atoms with van der Waals surface area (Å²) < 4.78 is 10.6. The lowest BCUT2D eigenvalue weighted by molar-refractivity contribution is 0.0386. The van der Waals surface area contributed by atoms with Crippen LogP contribution >= 0.6 is 0 Å². The van der Waals surface area contributed by atoms with Gasteiger partial charge in [-0.3, -0.25) is 9.88 Å². The van der Waals surface area contributed by atoms with Crippen LogP contribution in [0.3, 0.4) is 0 Å². The van der Waals surface area contributed by atoms with Crippen molar-refractivity contribution in [2.75, 3.05) is 46.4 Å². The normalized spacial score (nSPS) is 15.1. The third kappa shape index (κ3) is 5.01. The van der Waals surface area contributed by atoms with Gasteiger partial charge in [0, 0.05) is 57.3 Å². The van der Waals surface area contributed by atoms with E-state index in [2.05, 4.69) is 20.4 Å². The summed E-state index contributed by atoms with van der Waals surface area (Å²) in [5.74, 6) is 0.637. The summed E-state index contributed by atoms with van der Waals surface area (Å²) >= 11 is 0. The zero-order valence-corrected chi connectivity index (χ0v) is 14.4. The van der Waals surface area contributed by atoms with Gasteiger partial charge in [0.2, 0.25) is 0 Å². The Labute approximate surface area is 146 Å². The van der Waals surface area contributed by atoms with Gasteiger partial charge in [-0.2, -0.15) is 0 Å². The number of nitrogens with one attached hydrogen (secondary N) is 1. The van der Waals surface area contributed by atoms with Crippen LogP contribution < -0.4 is 5.32 Å². The molecule has 1 aliphatic rings. The van der Waals surface area contributed by atoms with E-state index in [1.54, 1.807) is 24.3 Å². The number of rotatable bonds is 6. The van der Waals surface area contributed by atoms with Crippen molar-refractivity contribution in [1.82, 2.24) is 25.3 Å². The van der Waals surface area contributed by atoms with Crippen molar-refractivity contribution in [3.63, 3.8) is 0 Å². The van der Waals surface area contributed by atoms with Crippen LogP contribution in [0.2, 0.25) is 0 Å². The van der Waals surface area contributed by atoms with Gasteiger partial charge in [0.25, 0.3) is 0 Å². The number of hydrogen-bond acceptors (Lipinski definition) is 6. The first-order valence-electron chi connectivity index (χ1n) is 8.37. The molecular weight excluding hydrogens is 322 g/mol. The lowest BCUT2D eigenvalue weighted by atomic mass is 10.2. The van der Waals surface area contributed by atoms with E-state index in [0.29, 0.717) is 18.8 Å². The summed E-state index contributed by atoms with van der Waals surface area (Å²) in [6.45, 7) is 5.17. The Balaban J connectivity index is 1.44. The molecule has 25 heavy (non-hydrogen) atoms. The fraction of sp³-hybridized carbons (Fsp3) is 0.471. The van der Waals surface area contributed by atoms with Crippen LogP contribution in [-0.4, -0.2) is 72.4 Å². The van der Waals surface area contributed by atoms with E-state index in [0.717, 1.165) is 44.1 Å². The van der Waals surface area contributed by atoms with Crippen LogP contribution in [0.15, 0.2) is 35.1 Å². The average Bonchev–Trinajstić information content (AvgIpc) is 3.12. The summed E-state index contributed by atoms with van der Waals surface area (Å²) in [4.78, 5) is 20.0. The first-order chi connectivity index (χ1) is 12.2. The number of pyridine rings is 1. The molecule has 0 radical (unpaired) electrons. The standard InChI is InChI=1S/C17H23N5O3/c1-21(17(23)19-6-7-22-8-10-24-11-9-22)13-15-12-16(20-25-15)14-2-4-18-5-3-14/h2-5,12H,6-11,13H2,1H3,(H,19,23). The van der Waals surface area contributed by atoms with Crippen LogP contribution in [0.5, 0.6) is 0 Å². The van der Waals surface area contributed by atoms with E-state index in [-0.39, 0.29) is 6.03 Å². The molecule has 0 bridgehead atoms. The van der Waals surface area contributed by atoms with E-state index in [4.69, 9.17) is 9.26 Å². The number of morpholine rings is 1. The quantitative estimate of drug-likeness (QED) is 0.847. The molecule has 1 saturated heterocycles. The molecule has 0 unspecified atom stereocenters. The molecule has 1 fully saturated rings. The maximum absolute atomic E-state index is 12.2. The molecular formula is C17H23N5O3. The van der Waals surface area contributed by atoms with Gasteiger partial charge in [-0.1, -0.05) is 5.16 Å². The monoisotopic (exact) mass is 345 g/mol. The van der Waals surface area contributed by atoms with Crippen molar-refractivity contribution in [1.29, 1.82) is 0 Å². The van der Waals surface area contributed by atoms with Crippen LogP contribution in [0.4, 0.5) is 4.79 Å². The van der Waals surface area contributed by atoms with Gasteiger partial charge in [-0.05, 0) is 12.1 Å². The third-order valence-corrected chi connectivity index (χ3v) is 4.08. The second-order valence-corrected chi connectivity index (χ2v) is 5.96. The molecule has 2 amide bonds. The molecule has 134 valence electrons. The SMILES string of the molecule is CN(Cc1cc(-c2ccncc2)no1)C(=O)NCCN1CCOCC1. The van der Waals surface area contributed by atoms with E-state index in [1.807, 2.05) is 18.2 Å². The molecule has 0 spiro atoms. The number of ether oxygens (including phenoxy) is 1. The Bertz CT molecular complexity index is 670. The highest BCUT2D eigenvalue weighted by molar-refractivity contribution is 5.73. The van der Waals surface area contributed by atoms with E-state index >= 15 is 0 Å². The number of hydrogen-bond donors (Lipinski definition) is 1. The summed E-state index contributed by atoms with van der Waals surface area (Å²) in [6.07, 6.45) is 3.41. The molecule has 2 aromatic heterocycles. The predicted octanol–water partition coefficient (Wildman–Crippen LogP) is 1.21. The van der Waals surface area contributed by atoms with Crippen molar-refractivity contribution in [3.8, 4) is 11.3 Å². The molecule has 3 heterocycles. The molecule has 2 aromatic rings. The van der Waals surface area contributed by atoms with Crippen molar-refractivity contribution >= 4 is 6.03 Å². The second kappa shape index (κ2) is 8.59. The highest BCUT2D eigenvalue weighted by atomic mass is 16.5. The average molecular weight is 345 g/mol. The van der Waals surface area contributed by atoms with Crippen LogP contribution in [0.25, 0.3) is 11.3 Å². The smallest absolute Gasteiger partial charge is 0.317 e. The summed E-state index contributed by atoms with van der Waals surface area (Å²) in [5, 5.41) is 6.97. The Morgan fingerprint density at radius 3 is 2.84 bits per heavy atom. The lowest BCUT2D eigenvalue weighted by Crippen LogP contribution is -2.44. The molecule has 1 aliphatic heterocycles. The summed E-state index contributed by atoms with van der Waals surface area (Å²) in [7, 11) is 1.73. The van der Waals surface area contributed by atoms with Gasteiger partial charge in [-0.25, -0.2) is 4.79 Å². The first-order valence-corrected chi connectivity index (χ1v) is 8.37. The minimum absolute atomic E-state index is 0.130. The fourth-order valence-corrected chi connectivity index (χ4v) is 2.63. The number of nitrogens with zero attached hydrogens (tertiary/aromatic N) is 4. The maximum Gasteiger partial charge on any atom is 0.317 e. The van der Waals surface area contributed by atoms with Crippen molar-refractivity contribution in [3.05, 3.63) is 36.4 Å². The lowest BCUT2D eigenvalue weighted by Gasteiger charge is -2.26. The Kier molecular flexibility index (Phi) is 5.97. The van der Waals surface area contributed by atoms with Crippen molar-refractivity contribution < 1.29 is 14.1 Å². The van der Waals surface area contributed by atoms with Crippen LogP contribution in [0.1, 0.15) is 5.76 Å². The Morgan fingerprint density at radius 1 is 1.32 bits per heavy atom. The van der Waals surface area contributed by atoms with Crippen molar-refractivity contribution in [2.45, 2.75) is 6.54 Å². The summed E-state index contributed by atoms with van der Waals surface area (Å²) in [6, 6.07) is 5.44. The molecule has 0 aromatic carbocycles. The Morgan fingerprint density at radius 2 is 2.08 bits per heavy atom. The van der Waals surface area contributed by atoms with E-state index < -0.39 is 0 Å². The molecule has 8 heteroatoms. The number of carbonyl (C=O) groups excluding carboxylic acids is 1. The van der Waals surface area contributed by atoms with Gasteiger partial charge < -0.3 is 19.5 Å². The summed E-state index contributed by atoms with van der Waals surface area (Å²) in [5.41, 5.74) is 1.67. The number of carbonyl (C=O) groups is 1. The molecule has 1 N–H and O–H groups in total. The number of urea groups is 1. The number of amides is 2. The fourth-order valence-electron chi connectivity index (χ4n) is 2.63. The number of aromatic nitrogens is 2. The van der Waals surface area contributed by atoms with Crippen molar-refractivity contribution in [2.24, 2.45) is 0 Å². The van der Waals surface area contributed by atoms with Gasteiger partial charge in [0.05, 0.1) is 19.8 Å². The molecule has 3 rings (SSSR count). The van der Waals surface area contributed by atoms with Gasteiger partial charge in [0.15, 0.2) is 5.76 Å². The molecule has 0 aliphatic carbocycles. The topological polar surface area (TPSA) is 83.7 Å². The second-order valence-electron chi connectivity index (χ2n) is 5.96. The van der Waals surface area contributed by atoms with Gasteiger partial charge in [-0.15, -0.1) is 0 Å². The maximum atomic E-state index is 12.2. The molecule has 0 atom stereocenters. The highest BCUT2D eigenvalue weighted by Gasteiger charge is 2.14. The zero-order chi connectivity index (χ0) is 17.5. The molecule has 0 saturated carbocycles. The Hall–Kier alpha value is -2.45. The van der Waals surface area contributed by atoms with Crippen LogP contribution in [0, 0.1) is 0 Å². The zero-order valence-electron chi connectivity index (χ0n) is 14.4. The predicted molar refractivity (Wildman–Crippen MR) is 91.9 cm³/mol. The minimum atomic E-state index is -0.130. The molecule has 8 nitrogen and oxygen atoms in total. The minimum Gasteiger partial charge on any atom is -0.379 e. The van der Waals surface area contributed by atoms with E-state index in [9.17, 15) is 4.79 Å². The third-order valence-electron chi connectivity index (χ3n) is 4.08. The van der Waals surface area contributed by atoms with Crippen LogP contribution in [-0.2, 0) is 11.3 Å². The highest BCUT2D eigenvalue weighted by Crippen LogP contribution is 2.18.